The molecule has 1 heterocycles. The Morgan fingerprint density at radius 3 is 2.72 bits per heavy atom. The molecule has 1 aromatic rings. The van der Waals surface area contributed by atoms with Gasteiger partial charge >= 0.3 is 0 Å². The number of rotatable bonds is 7. The lowest BCUT2D eigenvalue weighted by molar-refractivity contribution is 0.0373. The number of nitrogens with one attached hydrogen (secondary N) is 1. The maximum Gasteiger partial charge on any atom is 0.224 e. The first kappa shape index (κ1) is 15.1. The SMILES string of the molecule is CC(C)CO[C@H](C)[C@@H](CN)Nc1ccnc(Cl)n1. The summed E-state index contributed by atoms with van der Waals surface area (Å²) >= 11 is 5.73. The average molecular weight is 273 g/mol. The van der Waals surface area contributed by atoms with E-state index in [-0.39, 0.29) is 17.4 Å². The highest BCUT2D eigenvalue weighted by Gasteiger charge is 2.17. The van der Waals surface area contributed by atoms with Crippen LogP contribution in [0.2, 0.25) is 5.28 Å². The zero-order chi connectivity index (χ0) is 13.5. The molecule has 0 radical (unpaired) electrons. The second-order valence-electron chi connectivity index (χ2n) is 4.63. The Kier molecular flexibility index (Phi) is 6.32. The third kappa shape index (κ3) is 5.16. The van der Waals surface area contributed by atoms with E-state index in [0.717, 1.165) is 0 Å². The van der Waals surface area contributed by atoms with Crippen molar-refractivity contribution in [2.45, 2.75) is 32.9 Å². The highest BCUT2D eigenvalue weighted by Crippen LogP contribution is 2.10. The molecule has 3 N–H and O–H groups in total. The summed E-state index contributed by atoms with van der Waals surface area (Å²) in [7, 11) is 0. The van der Waals surface area contributed by atoms with E-state index < -0.39 is 0 Å². The topological polar surface area (TPSA) is 73.1 Å². The van der Waals surface area contributed by atoms with Crippen molar-refractivity contribution in [3.63, 3.8) is 0 Å². The van der Waals surface area contributed by atoms with Crippen LogP contribution in [-0.4, -0.2) is 35.3 Å². The van der Waals surface area contributed by atoms with Crippen LogP contribution >= 0.6 is 11.6 Å². The molecule has 0 aliphatic rings. The lowest BCUT2D eigenvalue weighted by Crippen LogP contribution is -2.40. The molecule has 1 rings (SSSR count). The van der Waals surface area contributed by atoms with Crippen LogP contribution in [0, 0.1) is 5.92 Å². The molecule has 0 aliphatic heterocycles. The highest BCUT2D eigenvalue weighted by molar-refractivity contribution is 6.28. The van der Waals surface area contributed by atoms with Gasteiger partial charge in [-0.05, 0) is 30.5 Å². The number of aromatic nitrogens is 2. The van der Waals surface area contributed by atoms with E-state index >= 15 is 0 Å². The summed E-state index contributed by atoms with van der Waals surface area (Å²) in [4.78, 5) is 7.90. The molecule has 0 fully saturated rings. The van der Waals surface area contributed by atoms with E-state index in [9.17, 15) is 0 Å². The van der Waals surface area contributed by atoms with E-state index in [4.69, 9.17) is 22.1 Å². The third-order valence-electron chi connectivity index (χ3n) is 2.47. The Hall–Kier alpha value is -0.910. The summed E-state index contributed by atoms with van der Waals surface area (Å²) < 4.78 is 5.74. The summed E-state index contributed by atoms with van der Waals surface area (Å²) in [5.41, 5.74) is 5.75. The van der Waals surface area contributed by atoms with Crippen molar-refractivity contribution in [2.75, 3.05) is 18.5 Å². The van der Waals surface area contributed by atoms with Crippen LogP contribution in [0.15, 0.2) is 12.3 Å². The summed E-state index contributed by atoms with van der Waals surface area (Å²) in [6, 6.07) is 1.75. The smallest absolute Gasteiger partial charge is 0.224 e. The molecular formula is C12H21ClN4O. The molecule has 0 aromatic carbocycles. The fourth-order valence-electron chi connectivity index (χ4n) is 1.43. The zero-order valence-electron chi connectivity index (χ0n) is 11.1. The van der Waals surface area contributed by atoms with Gasteiger partial charge in [0.2, 0.25) is 5.28 Å². The molecule has 0 saturated heterocycles. The molecule has 0 amide bonds. The van der Waals surface area contributed by atoms with Crippen LogP contribution in [0.4, 0.5) is 5.82 Å². The predicted molar refractivity (Wildman–Crippen MR) is 73.8 cm³/mol. The van der Waals surface area contributed by atoms with Gasteiger partial charge < -0.3 is 15.8 Å². The quantitative estimate of drug-likeness (QED) is 0.742. The average Bonchev–Trinajstić information content (AvgIpc) is 2.33. The molecule has 0 bridgehead atoms. The number of anilines is 1. The number of hydrogen-bond donors (Lipinski definition) is 2. The van der Waals surface area contributed by atoms with Gasteiger partial charge in [0.25, 0.3) is 0 Å². The van der Waals surface area contributed by atoms with Gasteiger partial charge in [0.15, 0.2) is 0 Å². The van der Waals surface area contributed by atoms with Crippen LogP contribution in [0.3, 0.4) is 0 Å². The minimum atomic E-state index is -0.00489. The maximum atomic E-state index is 5.75. The van der Waals surface area contributed by atoms with E-state index in [1.54, 1.807) is 12.3 Å². The molecular weight excluding hydrogens is 252 g/mol. The molecule has 0 unspecified atom stereocenters. The van der Waals surface area contributed by atoms with Crippen LogP contribution in [0.1, 0.15) is 20.8 Å². The summed E-state index contributed by atoms with van der Waals surface area (Å²) in [6.07, 6.45) is 1.61. The Bertz CT molecular complexity index is 362. The lowest BCUT2D eigenvalue weighted by Gasteiger charge is -2.25. The molecule has 5 nitrogen and oxygen atoms in total. The Labute approximate surface area is 113 Å². The van der Waals surface area contributed by atoms with E-state index in [1.165, 1.54) is 0 Å². The van der Waals surface area contributed by atoms with Gasteiger partial charge in [0.1, 0.15) is 5.82 Å². The first-order chi connectivity index (χ1) is 8.52. The van der Waals surface area contributed by atoms with Crippen LogP contribution < -0.4 is 11.1 Å². The molecule has 102 valence electrons. The van der Waals surface area contributed by atoms with Crippen molar-refractivity contribution >= 4 is 17.4 Å². The molecule has 0 saturated carbocycles. The normalized spacial score (nSPS) is 14.6. The molecule has 2 atom stereocenters. The minimum absolute atomic E-state index is 0.00489. The summed E-state index contributed by atoms with van der Waals surface area (Å²) in [5, 5.41) is 3.42. The second kappa shape index (κ2) is 7.51. The standard InChI is InChI=1S/C12H21ClN4O/c1-8(2)7-18-9(3)10(6-14)16-11-4-5-15-12(13)17-11/h4-5,8-10H,6-7,14H2,1-3H3,(H,15,16,17)/t9-,10-/m1/s1. The van der Waals surface area contributed by atoms with Crippen molar-refractivity contribution < 1.29 is 4.74 Å². The van der Waals surface area contributed by atoms with E-state index in [1.807, 2.05) is 6.92 Å². The van der Waals surface area contributed by atoms with Gasteiger partial charge in [0, 0.05) is 19.3 Å². The number of nitrogens with zero attached hydrogens (tertiary/aromatic N) is 2. The first-order valence-corrected chi connectivity index (χ1v) is 6.47. The maximum absolute atomic E-state index is 5.75. The molecule has 0 spiro atoms. The van der Waals surface area contributed by atoms with Crippen molar-refractivity contribution in [1.82, 2.24) is 9.97 Å². The fourth-order valence-corrected chi connectivity index (χ4v) is 1.58. The molecule has 1 aromatic heterocycles. The number of nitrogens with two attached hydrogens (primary N) is 1. The zero-order valence-corrected chi connectivity index (χ0v) is 11.8. The minimum Gasteiger partial charge on any atom is -0.376 e. The number of ether oxygens (including phenoxy) is 1. The van der Waals surface area contributed by atoms with Gasteiger partial charge in [-0.15, -0.1) is 0 Å². The third-order valence-corrected chi connectivity index (χ3v) is 2.65. The Morgan fingerprint density at radius 2 is 2.17 bits per heavy atom. The second-order valence-corrected chi connectivity index (χ2v) is 4.97. The number of hydrogen-bond acceptors (Lipinski definition) is 5. The largest absolute Gasteiger partial charge is 0.376 e. The van der Waals surface area contributed by atoms with Gasteiger partial charge in [-0.1, -0.05) is 13.8 Å². The van der Waals surface area contributed by atoms with Gasteiger partial charge in [-0.2, -0.15) is 0 Å². The van der Waals surface area contributed by atoms with Crippen molar-refractivity contribution in [3.05, 3.63) is 17.5 Å². The molecule has 6 heteroatoms. The number of halogens is 1. The summed E-state index contributed by atoms with van der Waals surface area (Å²) in [6.45, 7) is 7.39. The Balaban J connectivity index is 2.55. The first-order valence-electron chi connectivity index (χ1n) is 6.09. The van der Waals surface area contributed by atoms with Gasteiger partial charge in [0.05, 0.1) is 12.1 Å². The van der Waals surface area contributed by atoms with Gasteiger partial charge in [-0.3, -0.25) is 0 Å². The van der Waals surface area contributed by atoms with Crippen LogP contribution in [0.25, 0.3) is 0 Å². The van der Waals surface area contributed by atoms with Crippen molar-refractivity contribution in [2.24, 2.45) is 11.7 Å². The highest BCUT2D eigenvalue weighted by atomic mass is 35.5. The predicted octanol–water partition coefficient (Wildman–Crippen LogP) is 1.93. The van der Waals surface area contributed by atoms with E-state index in [2.05, 4.69) is 29.1 Å². The molecule has 0 aliphatic carbocycles. The molecule has 18 heavy (non-hydrogen) atoms. The monoisotopic (exact) mass is 272 g/mol. The van der Waals surface area contributed by atoms with E-state index in [0.29, 0.717) is 24.9 Å². The fraction of sp³-hybridized carbons (Fsp3) is 0.667. The lowest BCUT2D eigenvalue weighted by atomic mass is 10.1. The van der Waals surface area contributed by atoms with Crippen molar-refractivity contribution in [3.8, 4) is 0 Å². The van der Waals surface area contributed by atoms with Crippen LogP contribution in [-0.2, 0) is 4.74 Å². The van der Waals surface area contributed by atoms with Crippen molar-refractivity contribution in [1.29, 1.82) is 0 Å². The Morgan fingerprint density at radius 1 is 1.44 bits per heavy atom. The van der Waals surface area contributed by atoms with Crippen LogP contribution in [0.5, 0.6) is 0 Å². The van der Waals surface area contributed by atoms with Gasteiger partial charge in [-0.25, -0.2) is 9.97 Å². The summed E-state index contributed by atoms with van der Waals surface area (Å²) in [5.74, 6) is 1.16.